The third-order valence-corrected chi connectivity index (χ3v) is 18.6. The standard InChI is InChI=1S/C33H64O5Si2/c1-13-14-15-16-17-18-21-27-28(24-23-26(34)20-19-22-31(35)36-8)30(38-40(11,12)33(5,6)7)25-29(27)37-39(9,10)32(2,3)4/h17-18,23-24,26-30,34H,13-16,19-22,25H2,1-12H3/b18-17-,24-23+/t26-,27-,28+,29+,30-/m0/s1. The third-order valence-electron chi connectivity index (χ3n) is 9.58. The second-order valence-corrected chi connectivity index (χ2v) is 24.4. The second-order valence-electron chi connectivity index (χ2n) is 14.9. The molecule has 1 fully saturated rings. The minimum Gasteiger partial charge on any atom is -0.469 e. The number of aliphatic hydroxyl groups excluding tert-OH is 1. The van der Waals surface area contributed by atoms with Gasteiger partial charge in [-0.3, -0.25) is 4.79 Å². The molecule has 0 spiro atoms. The molecule has 0 radical (unpaired) electrons. The Hall–Kier alpha value is -0.736. The summed E-state index contributed by atoms with van der Waals surface area (Å²) in [7, 11) is -2.61. The molecule has 0 aromatic carbocycles. The van der Waals surface area contributed by atoms with E-state index in [4.69, 9.17) is 13.6 Å². The van der Waals surface area contributed by atoms with E-state index in [1.54, 1.807) is 0 Å². The fourth-order valence-corrected chi connectivity index (χ4v) is 7.57. The molecule has 1 rings (SSSR count). The van der Waals surface area contributed by atoms with Crippen molar-refractivity contribution >= 4 is 22.6 Å². The number of hydrogen-bond donors (Lipinski definition) is 1. The van der Waals surface area contributed by atoms with Gasteiger partial charge in [-0.15, -0.1) is 0 Å². The predicted molar refractivity (Wildman–Crippen MR) is 175 cm³/mol. The zero-order valence-corrected chi connectivity index (χ0v) is 30.1. The Morgan fingerprint density at radius 3 is 2.02 bits per heavy atom. The molecule has 1 aliphatic rings. The lowest BCUT2D eigenvalue weighted by Crippen LogP contribution is -2.45. The van der Waals surface area contributed by atoms with Crippen molar-refractivity contribution in [2.75, 3.05) is 7.11 Å². The Balaban J connectivity index is 3.31. The number of ether oxygens (including phenoxy) is 1. The summed E-state index contributed by atoms with van der Waals surface area (Å²) in [6, 6.07) is 0. The van der Waals surface area contributed by atoms with Gasteiger partial charge < -0.3 is 18.7 Å². The Kier molecular flexibility index (Phi) is 15.1. The van der Waals surface area contributed by atoms with Gasteiger partial charge in [0.15, 0.2) is 16.6 Å². The van der Waals surface area contributed by atoms with Crippen LogP contribution in [-0.2, 0) is 18.4 Å². The van der Waals surface area contributed by atoms with Gasteiger partial charge in [0.1, 0.15) is 0 Å². The summed E-state index contributed by atoms with van der Waals surface area (Å²) in [6.45, 7) is 25.4. The molecule has 0 amide bonds. The Morgan fingerprint density at radius 2 is 1.50 bits per heavy atom. The zero-order chi connectivity index (χ0) is 30.8. The van der Waals surface area contributed by atoms with E-state index in [2.05, 4.69) is 92.9 Å². The minimum absolute atomic E-state index is 0.0627. The van der Waals surface area contributed by atoms with Crippen molar-refractivity contribution in [3.63, 3.8) is 0 Å². The van der Waals surface area contributed by atoms with Crippen LogP contribution in [0.15, 0.2) is 24.3 Å². The smallest absolute Gasteiger partial charge is 0.305 e. The first-order chi connectivity index (χ1) is 18.4. The van der Waals surface area contributed by atoms with Crippen LogP contribution in [-0.4, -0.2) is 53.1 Å². The van der Waals surface area contributed by atoms with Crippen molar-refractivity contribution < 1.29 is 23.5 Å². The summed E-state index contributed by atoms with van der Waals surface area (Å²) in [4.78, 5) is 11.5. The molecule has 5 nitrogen and oxygen atoms in total. The number of methoxy groups -OCH3 is 1. The molecule has 234 valence electrons. The molecule has 0 heterocycles. The number of allylic oxidation sites excluding steroid dienone is 2. The van der Waals surface area contributed by atoms with Gasteiger partial charge in [0.05, 0.1) is 25.4 Å². The average molecular weight is 597 g/mol. The molecule has 0 bridgehead atoms. The fourth-order valence-electron chi connectivity index (χ4n) is 4.83. The van der Waals surface area contributed by atoms with Gasteiger partial charge in [0, 0.05) is 12.3 Å². The van der Waals surface area contributed by atoms with E-state index in [0.29, 0.717) is 25.2 Å². The molecule has 40 heavy (non-hydrogen) atoms. The van der Waals surface area contributed by atoms with Crippen LogP contribution in [0, 0.1) is 11.8 Å². The SMILES string of the molecule is CCCCC/C=C\C[C@H]1[C@@H](/C=C/[C@@H](O)CCCC(=O)OC)[C@@H](O[Si](C)(C)C(C)(C)C)C[C@H]1O[Si](C)(C)C(C)(C)C. The summed E-state index contributed by atoms with van der Waals surface area (Å²) in [5.41, 5.74) is 0. The maximum atomic E-state index is 11.5. The molecule has 0 saturated heterocycles. The van der Waals surface area contributed by atoms with E-state index >= 15 is 0 Å². The largest absolute Gasteiger partial charge is 0.469 e. The number of carbonyl (C=O) groups is 1. The van der Waals surface area contributed by atoms with Crippen molar-refractivity contribution in [1.82, 2.24) is 0 Å². The lowest BCUT2D eigenvalue weighted by atomic mass is 9.89. The highest BCUT2D eigenvalue weighted by molar-refractivity contribution is 6.74. The topological polar surface area (TPSA) is 65.0 Å². The minimum atomic E-state index is -2.02. The first-order valence-electron chi connectivity index (χ1n) is 15.8. The zero-order valence-electron chi connectivity index (χ0n) is 28.1. The number of aliphatic hydroxyl groups is 1. The number of carbonyl (C=O) groups excluding carboxylic acids is 1. The van der Waals surface area contributed by atoms with Crippen LogP contribution < -0.4 is 0 Å². The molecule has 0 aromatic heterocycles. The first-order valence-corrected chi connectivity index (χ1v) is 21.6. The van der Waals surface area contributed by atoms with Crippen molar-refractivity contribution in [3.05, 3.63) is 24.3 Å². The number of esters is 1. The van der Waals surface area contributed by atoms with Crippen molar-refractivity contribution in [2.45, 2.75) is 161 Å². The van der Waals surface area contributed by atoms with E-state index in [1.165, 1.54) is 26.4 Å². The molecular weight excluding hydrogens is 533 g/mol. The quantitative estimate of drug-likeness (QED) is 0.0833. The normalized spacial score (nSPS) is 23.8. The predicted octanol–water partition coefficient (Wildman–Crippen LogP) is 9.19. The highest BCUT2D eigenvalue weighted by Gasteiger charge is 2.50. The number of hydrogen-bond acceptors (Lipinski definition) is 5. The third kappa shape index (κ3) is 11.9. The van der Waals surface area contributed by atoms with E-state index in [-0.39, 0.29) is 34.2 Å². The Bertz CT molecular complexity index is 807. The van der Waals surface area contributed by atoms with Crippen LogP contribution in [0.3, 0.4) is 0 Å². The second kappa shape index (κ2) is 16.2. The lowest BCUT2D eigenvalue weighted by molar-refractivity contribution is -0.140. The van der Waals surface area contributed by atoms with Crippen LogP contribution >= 0.6 is 0 Å². The monoisotopic (exact) mass is 596 g/mol. The maximum absolute atomic E-state index is 11.5. The van der Waals surface area contributed by atoms with Gasteiger partial charge in [-0.1, -0.05) is 85.6 Å². The average Bonchev–Trinajstić information content (AvgIpc) is 3.12. The molecule has 5 atom stereocenters. The molecule has 0 aromatic rings. The van der Waals surface area contributed by atoms with Crippen molar-refractivity contribution in [3.8, 4) is 0 Å². The summed E-state index contributed by atoms with van der Waals surface area (Å²) in [5.74, 6) is 0.232. The van der Waals surface area contributed by atoms with E-state index < -0.39 is 22.7 Å². The summed E-state index contributed by atoms with van der Waals surface area (Å²) in [6.07, 6.45) is 16.7. The van der Waals surface area contributed by atoms with Gasteiger partial charge in [0.2, 0.25) is 0 Å². The molecule has 1 aliphatic carbocycles. The van der Waals surface area contributed by atoms with E-state index in [1.807, 2.05) is 6.08 Å². The van der Waals surface area contributed by atoms with Crippen LogP contribution in [0.4, 0.5) is 0 Å². The van der Waals surface area contributed by atoms with Crippen LogP contribution in [0.5, 0.6) is 0 Å². The number of unbranched alkanes of at least 4 members (excludes halogenated alkanes) is 3. The highest BCUT2D eigenvalue weighted by Crippen LogP contribution is 2.47. The maximum Gasteiger partial charge on any atom is 0.305 e. The van der Waals surface area contributed by atoms with Gasteiger partial charge in [0.25, 0.3) is 0 Å². The molecule has 7 heteroatoms. The summed E-state index contributed by atoms with van der Waals surface area (Å²) >= 11 is 0. The molecule has 0 unspecified atom stereocenters. The molecule has 1 saturated carbocycles. The highest BCUT2D eigenvalue weighted by atomic mass is 28.4. The van der Waals surface area contributed by atoms with Gasteiger partial charge in [-0.2, -0.15) is 0 Å². The van der Waals surface area contributed by atoms with E-state index in [0.717, 1.165) is 19.3 Å². The number of rotatable bonds is 16. The fraction of sp³-hybridized carbons (Fsp3) is 0.848. The van der Waals surface area contributed by atoms with Crippen LogP contribution in [0.25, 0.3) is 0 Å². The Morgan fingerprint density at radius 1 is 0.925 bits per heavy atom. The van der Waals surface area contributed by atoms with Crippen molar-refractivity contribution in [2.24, 2.45) is 11.8 Å². The summed E-state index contributed by atoms with van der Waals surface area (Å²) < 4.78 is 19.0. The molecular formula is C33H64O5Si2. The van der Waals surface area contributed by atoms with E-state index in [9.17, 15) is 9.90 Å². The van der Waals surface area contributed by atoms with Crippen LogP contribution in [0.1, 0.15) is 106 Å². The van der Waals surface area contributed by atoms with Gasteiger partial charge in [-0.05, 0) is 80.7 Å². The summed E-state index contributed by atoms with van der Waals surface area (Å²) in [5, 5.41) is 11.0. The molecule has 1 N–H and O–H groups in total. The first kappa shape index (κ1) is 37.3. The van der Waals surface area contributed by atoms with Crippen molar-refractivity contribution in [1.29, 1.82) is 0 Å². The Labute approximate surface area is 249 Å². The van der Waals surface area contributed by atoms with Gasteiger partial charge >= 0.3 is 5.97 Å². The lowest BCUT2D eigenvalue weighted by Gasteiger charge is -2.40. The molecule has 0 aliphatic heterocycles. The van der Waals surface area contributed by atoms with Gasteiger partial charge in [-0.25, -0.2) is 0 Å². The van der Waals surface area contributed by atoms with Crippen LogP contribution in [0.2, 0.25) is 36.3 Å².